The number of piperidine rings is 1. The van der Waals surface area contributed by atoms with Crippen molar-refractivity contribution in [2.45, 2.75) is 38.6 Å². The first-order valence-corrected chi connectivity index (χ1v) is 10.5. The summed E-state index contributed by atoms with van der Waals surface area (Å²) < 4.78 is 1.86. The molecule has 0 bridgehead atoms. The molecule has 2 aliphatic rings. The number of rotatable bonds is 4. The van der Waals surface area contributed by atoms with Crippen molar-refractivity contribution >= 4 is 36.3 Å². The van der Waals surface area contributed by atoms with Gasteiger partial charge in [0.2, 0.25) is 0 Å². The lowest BCUT2D eigenvalue weighted by molar-refractivity contribution is 0.0799. The van der Waals surface area contributed by atoms with Crippen LogP contribution in [-0.4, -0.2) is 39.1 Å². The third-order valence-electron chi connectivity index (χ3n) is 6.67. The molecule has 1 spiro atoms. The molecule has 8 heteroatoms. The Kier molecular flexibility index (Phi) is 7.12. The highest BCUT2D eigenvalue weighted by Gasteiger charge is 2.45. The van der Waals surface area contributed by atoms with Crippen LogP contribution in [0.15, 0.2) is 48.7 Å². The molecule has 166 valence electrons. The zero-order valence-corrected chi connectivity index (χ0v) is 19.6. The third kappa shape index (κ3) is 4.65. The Morgan fingerprint density at radius 3 is 2.26 bits per heavy atom. The molecule has 1 N–H and O–H groups in total. The van der Waals surface area contributed by atoms with Crippen molar-refractivity contribution in [3.05, 3.63) is 54.2 Å². The molecule has 3 heterocycles. The van der Waals surface area contributed by atoms with E-state index in [4.69, 9.17) is 0 Å². The van der Waals surface area contributed by atoms with Crippen LogP contribution < -0.4 is 10.2 Å². The first-order chi connectivity index (χ1) is 14.1. The van der Waals surface area contributed by atoms with Crippen LogP contribution in [0, 0.1) is 12.3 Å². The first-order valence-electron chi connectivity index (χ1n) is 10.5. The SMILES string of the molecule is Cc1cnn(C)c1-c1ccc(N2CCC3(CC2)CC(Nc2ccccc2)C3)nn1.Cl.Cl. The monoisotopic (exact) mass is 460 g/mol. The Labute approximate surface area is 196 Å². The number of benzene rings is 1. The van der Waals surface area contributed by atoms with Crippen molar-refractivity contribution in [3.8, 4) is 11.4 Å². The summed E-state index contributed by atoms with van der Waals surface area (Å²) in [6.45, 7) is 4.19. The van der Waals surface area contributed by atoms with Gasteiger partial charge in [0.25, 0.3) is 0 Å². The number of nitrogens with zero attached hydrogens (tertiary/aromatic N) is 5. The Balaban J connectivity index is 0.00000136. The molecule has 1 saturated heterocycles. The number of aryl methyl sites for hydroxylation is 2. The summed E-state index contributed by atoms with van der Waals surface area (Å²) in [6.07, 6.45) is 6.91. The molecule has 0 amide bonds. The predicted molar refractivity (Wildman–Crippen MR) is 130 cm³/mol. The largest absolute Gasteiger partial charge is 0.382 e. The van der Waals surface area contributed by atoms with Crippen molar-refractivity contribution in [1.82, 2.24) is 20.0 Å². The van der Waals surface area contributed by atoms with E-state index in [2.05, 4.69) is 74.9 Å². The minimum Gasteiger partial charge on any atom is -0.382 e. The van der Waals surface area contributed by atoms with E-state index >= 15 is 0 Å². The molecule has 5 rings (SSSR count). The molecular formula is C23H30Cl2N6. The van der Waals surface area contributed by atoms with Crippen LogP contribution in [0.5, 0.6) is 0 Å². The number of hydrogen-bond donors (Lipinski definition) is 1. The maximum Gasteiger partial charge on any atom is 0.151 e. The van der Waals surface area contributed by atoms with Gasteiger partial charge in [-0.2, -0.15) is 5.10 Å². The Hall–Kier alpha value is -2.31. The molecule has 0 unspecified atom stereocenters. The van der Waals surface area contributed by atoms with E-state index in [0.717, 1.165) is 35.9 Å². The molecule has 31 heavy (non-hydrogen) atoms. The molecule has 1 saturated carbocycles. The standard InChI is InChI=1S/C23H28N6.2ClH/c1-17-16-24-28(2)22(17)20-8-9-21(27-26-20)29-12-10-23(11-13-29)14-19(15-23)25-18-6-4-3-5-7-18;;/h3-9,16,19,25H,10-15H2,1-2H3;2*1H. The van der Waals surface area contributed by atoms with Gasteiger partial charge in [-0.3, -0.25) is 4.68 Å². The summed E-state index contributed by atoms with van der Waals surface area (Å²) >= 11 is 0. The second-order valence-electron chi connectivity index (χ2n) is 8.68. The van der Waals surface area contributed by atoms with Crippen molar-refractivity contribution in [2.75, 3.05) is 23.3 Å². The van der Waals surface area contributed by atoms with E-state index in [1.54, 1.807) is 0 Å². The number of hydrogen-bond acceptors (Lipinski definition) is 5. The molecule has 1 aliphatic carbocycles. The van der Waals surface area contributed by atoms with Crippen LogP contribution in [0.25, 0.3) is 11.4 Å². The Morgan fingerprint density at radius 1 is 0.968 bits per heavy atom. The fourth-order valence-electron chi connectivity index (χ4n) is 5.01. The Morgan fingerprint density at radius 2 is 1.68 bits per heavy atom. The van der Waals surface area contributed by atoms with E-state index in [9.17, 15) is 0 Å². The number of aromatic nitrogens is 4. The van der Waals surface area contributed by atoms with Crippen LogP contribution in [0.3, 0.4) is 0 Å². The second kappa shape index (κ2) is 9.45. The summed E-state index contributed by atoms with van der Waals surface area (Å²) in [5.74, 6) is 0.988. The molecule has 2 fully saturated rings. The van der Waals surface area contributed by atoms with Gasteiger partial charge in [0.1, 0.15) is 5.69 Å². The Bertz CT molecular complexity index is 954. The predicted octanol–water partition coefficient (Wildman–Crippen LogP) is 4.89. The van der Waals surface area contributed by atoms with Crippen molar-refractivity contribution in [3.63, 3.8) is 0 Å². The number of para-hydroxylation sites is 1. The van der Waals surface area contributed by atoms with Gasteiger partial charge in [0.15, 0.2) is 5.82 Å². The second-order valence-corrected chi connectivity index (χ2v) is 8.68. The van der Waals surface area contributed by atoms with Gasteiger partial charge in [-0.05, 0) is 67.9 Å². The lowest BCUT2D eigenvalue weighted by atomic mass is 9.60. The van der Waals surface area contributed by atoms with Crippen LogP contribution >= 0.6 is 24.8 Å². The lowest BCUT2D eigenvalue weighted by Crippen LogP contribution is -2.51. The number of halogens is 2. The minimum atomic E-state index is 0. The maximum absolute atomic E-state index is 4.53. The summed E-state index contributed by atoms with van der Waals surface area (Å²) in [7, 11) is 1.94. The molecule has 1 aliphatic heterocycles. The average molecular weight is 461 g/mol. The molecule has 0 radical (unpaired) electrons. The van der Waals surface area contributed by atoms with Crippen molar-refractivity contribution in [1.29, 1.82) is 0 Å². The average Bonchev–Trinajstić information content (AvgIpc) is 3.06. The number of nitrogens with one attached hydrogen (secondary N) is 1. The molecule has 3 aromatic rings. The van der Waals surface area contributed by atoms with E-state index < -0.39 is 0 Å². The van der Waals surface area contributed by atoms with E-state index in [1.807, 2.05) is 17.9 Å². The molecule has 6 nitrogen and oxygen atoms in total. The first kappa shape index (κ1) is 23.4. The lowest BCUT2D eigenvalue weighted by Gasteiger charge is -2.52. The highest BCUT2D eigenvalue weighted by atomic mass is 35.5. The van der Waals surface area contributed by atoms with E-state index in [1.165, 1.54) is 31.4 Å². The van der Waals surface area contributed by atoms with Crippen LogP contribution in [0.2, 0.25) is 0 Å². The van der Waals surface area contributed by atoms with Gasteiger partial charge in [0.05, 0.1) is 11.9 Å². The zero-order valence-electron chi connectivity index (χ0n) is 18.0. The highest BCUT2D eigenvalue weighted by molar-refractivity contribution is 5.85. The van der Waals surface area contributed by atoms with Crippen LogP contribution in [-0.2, 0) is 7.05 Å². The van der Waals surface area contributed by atoms with Gasteiger partial charge in [-0.15, -0.1) is 35.0 Å². The van der Waals surface area contributed by atoms with Gasteiger partial charge in [0, 0.05) is 31.9 Å². The quantitative estimate of drug-likeness (QED) is 0.600. The van der Waals surface area contributed by atoms with Crippen molar-refractivity contribution < 1.29 is 0 Å². The summed E-state index contributed by atoms with van der Waals surface area (Å²) in [5, 5.41) is 17.0. The fourth-order valence-corrected chi connectivity index (χ4v) is 5.01. The summed E-state index contributed by atoms with van der Waals surface area (Å²) in [5.41, 5.74) is 4.80. The van der Waals surface area contributed by atoms with Gasteiger partial charge in [-0.1, -0.05) is 18.2 Å². The minimum absolute atomic E-state index is 0. The van der Waals surface area contributed by atoms with Gasteiger partial charge >= 0.3 is 0 Å². The van der Waals surface area contributed by atoms with Crippen LogP contribution in [0.4, 0.5) is 11.5 Å². The topological polar surface area (TPSA) is 58.9 Å². The van der Waals surface area contributed by atoms with Crippen LogP contribution in [0.1, 0.15) is 31.2 Å². The third-order valence-corrected chi connectivity index (χ3v) is 6.67. The van der Waals surface area contributed by atoms with Gasteiger partial charge < -0.3 is 10.2 Å². The molecule has 0 atom stereocenters. The van der Waals surface area contributed by atoms with E-state index in [-0.39, 0.29) is 24.8 Å². The maximum atomic E-state index is 4.53. The zero-order chi connectivity index (χ0) is 19.8. The molecular weight excluding hydrogens is 431 g/mol. The smallest absolute Gasteiger partial charge is 0.151 e. The molecule has 2 aromatic heterocycles. The van der Waals surface area contributed by atoms with Gasteiger partial charge in [-0.25, -0.2) is 0 Å². The summed E-state index contributed by atoms with van der Waals surface area (Å²) in [6, 6.07) is 15.4. The van der Waals surface area contributed by atoms with E-state index in [0.29, 0.717) is 11.5 Å². The number of anilines is 2. The highest BCUT2D eigenvalue weighted by Crippen LogP contribution is 2.50. The fraction of sp³-hybridized carbons (Fsp3) is 0.435. The summed E-state index contributed by atoms with van der Waals surface area (Å²) in [4.78, 5) is 2.39. The molecule has 1 aromatic carbocycles. The van der Waals surface area contributed by atoms with Crippen molar-refractivity contribution in [2.24, 2.45) is 12.5 Å². The normalized spacial score (nSPS) is 17.4.